The molecule has 0 radical (unpaired) electrons. The molecule has 1 aromatic rings. The van der Waals surface area contributed by atoms with E-state index in [9.17, 15) is 4.79 Å². The maximum absolute atomic E-state index is 12.5. The van der Waals surface area contributed by atoms with Gasteiger partial charge in [-0.25, -0.2) is 0 Å². The number of nitrogens with zero attached hydrogens (tertiary/aromatic N) is 1. The highest BCUT2D eigenvalue weighted by molar-refractivity contribution is 5.94. The fraction of sp³-hybridized carbons (Fsp3) is 0.533. The number of nitrogens with one attached hydrogen (secondary N) is 1. The summed E-state index contributed by atoms with van der Waals surface area (Å²) in [6.45, 7) is 4.07. The summed E-state index contributed by atoms with van der Waals surface area (Å²) in [6, 6.07) is 7.97. The molecule has 19 heavy (non-hydrogen) atoms. The van der Waals surface area contributed by atoms with E-state index in [-0.39, 0.29) is 12.5 Å². The van der Waals surface area contributed by atoms with Gasteiger partial charge in [-0.15, -0.1) is 0 Å². The number of hydrogen-bond donors (Lipinski definition) is 2. The van der Waals surface area contributed by atoms with Crippen LogP contribution >= 0.6 is 0 Å². The number of amides is 1. The van der Waals surface area contributed by atoms with Crippen LogP contribution in [-0.4, -0.2) is 48.2 Å². The van der Waals surface area contributed by atoms with Crippen LogP contribution < -0.4 is 5.32 Å². The molecular formula is C15H22N2O2. The minimum absolute atomic E-state index is 0.00424. The second-order valence-electron chi connectivity index (χ2n) is 5.14. The van der Waals surface area contributed by atoms with Gasteiger partial charge in [0.25, 0.3) is 5.91 Å². The lowest BCUT2D eigenvalue weighted by Crippen LogP contribution is -2.42. The van der Waals surface area contributed by atoms with Gasteiger partial charge in [-0.05, 0) is 38.4 Å². The summed E-state index contributed by atoms with van der Waals surface area (Å²) in [4.78, 5) is 14.2. The molecular weight excluding hydrogens is 240 g/mol. The van der Waals surface area contributed by atoms with Crippen LogP contribution in [0.2, 0.25) is 0 Å². The minimum Gasteiger partial charge on any atom is -0.395 e. The molecule has 1 unspecified atom stereocenters. The third-order valence-electron chi connectivity index (χ3n) is 3.53. The third kappa shape index (κ3) is 3.78. The van der Waals surface area contributed by atoms with Gasteiger partial charge in [0, 0.05) is 24.7 Å². The Morgan fingerprint density at radius 2 is 2.37 bits per heavy atom. The normalized spacial score (nSPS) is 18.5. The molecule has 1 aromatic carbocycles. The molecule has 2 N–H and O–H groups in total. The van der Waals surface area contributed by atoms with Crippen molar-refractivity contribution in [1.82, 2.24) is 10.2 Å². The molecule has 0 bridgehead atoms. The molecule has 1 aliphatic heterocycles. The maximum Gasteiger partial charge on any atom is 0.253 e. The van der Waals surface area contributed by atoms with Crippen molar-refractivity contribution in [3.05, 3.63) is 35.4 Å². The lowest BCUT2D eigenvalue weighted by atomic mass is 10.1. The van der Waals surface area contributed by atoms with Crippen LogP contribution in [0.5, 0.6) is 0 Å². The second kappa shape index (κ2) is 6.68. The van der Waals surface area contributed by atoms with E-state index in [1.807, 2.05) is 31.2 Å². The standard InChI is InChI=1S/C15H22N2O2/c1-12-4-2-5-13(10-12)15(19)17(8-9-18)11-14-6-3-7-16-14/h2,4-5,10,14,16,18H,3,6-9,11H2,1H3. The molecule has 4 nitrogen and oxygen atoms in total. The molecule has 1 fully saturated rings. The summed E-state index contributed by atoms with van der Waals surface area (Å²) < 4.78 is 0. The van der Waals surface area contributed by atoms with Gasteiger partial charge in [0.05, 0.1) is 6.61 Å². The smallest absolute Gasteiger partial charge is 0.253 e. The molecule has 1 heterocycles. The lowest BCUT2D eigenvalue weighted by molar-refractivity contribution is 0.0706. The highest BCUT2D eigenvalue weighted by atomic mass is 16.3. The maximum atomic E-state index is 12.5. The summed E-state index contributed by atoms with van der Waals surface area (Å²) >= 11 is 0. The Bertz CT molecular complexity index is 428. The predicted molar refractivity (Wildman–Crippen MR) is 75.2 cm³/mol. The first-order valence-electron chi connectivity index (χ1n) is 6.91. The molecule has 2 rings (SSSR count). The highest BCUT2D eigenvalue weighted by Gasteiger charge is 2.22. The largest absolute Gasteiger partial charge is 0.395 e. The van der Waals surface area contributed by atoms with Crippen molar-refractivity contribution in [2.75, 3.05) is 26.2 Å². The predicted octanol–water partition coefficient (Wildman–Crippen LogP) is 1.18. The first-order valence-corrected chi connectivity index (χ1v) is 6.91. The fourth-order valence-corrected chi connectivity index (χ4v) is 2.54. The number of aryl methyl sites for hydroxylation is 1. The molecule has 1 amide bonds. The van der Waals surface area contributed by atoms with Gasteiger partial charge in [0.15, 0.2) is 0 Å². The number of benzene rings is 1. The first-order chi connectivity index (χ1) is 9.20. The summed E-state index contributed by atoms with van der Waals surface area (Å²) in [5, 5.41) is 12.5. The summed E-state index contributed by atoms with van der Waals surface area (Å²) in [5.74, 6) is 0.00597. The van der Waals surface area contributed by atoms with E-state index in [2.05, 4.69) is 5.32 Å². The van der Waals surface area contributed by atoms with Crippen LogP contribution in [0.3, 0.4) is 0 Å². The first kappa shape index (κ1) is 14.0. The monoisotopic (exact) mass is 262 g/mol. The van der Waals surface area contributed by atoms with Crippen LogP contribution in [0.4, 0.5) is 0 Å². The van der Waals surface area contributed by atoms with Crippen LogP contribution in [0.25, 0.3) is 0 Å². The zero-order chi connectivity index (χ0) is 13.7. The number of carbonyl (C=O) groups excluding carboxylic acids is 1. The SMILES string of the molecule is Cc1cccc(C(=O)N(CCO)CC2CCCN2)c1. The Hall–Kier alpha value is -1.39. The minimum atomic E-state index is 0.00424. The quantitative estimate of drug-likeness (QED) is 0.838. The molecule has 0 saturated carbocycles. The molecule has 1 aliphatic rings. The van der Waals surface area contributed by atoms with Crippen LogP contribution in [-0.2, 0) is 0 Å². The number of aliphatic hydroxyl groups is 1. The van der Waals surface area contributed by atoms with E-state index in [1.165, 1.54) is 0 Å². The summed E-state index contributed by atoms with van der Waals surface area (Å²) in [6.07, 6.45) is 2.26. The topological polar surface area (TPSA) is 52.6 Å². The van der Waals surface area contributed by atoms with Crippen molar-refractivity contribution in [2.24, 2.45) is 0 Å². The fourth-order valence-electron chi connectivity index (χ4n) is 2.54. The lowest BCUT2D eigenvalue weighted by Gasteiger charge is -2.25. The van der Waals surface area contributed by atoms with Gasteiger partial charge in [0.1, 0.15) is 0 Å². The Labute approximate surface area is 114 Å². The molecule has 0 spiro atoms. The number of aliphatic hydroxyl groups excluding tert-OH is 1. The highest BCUT2D eigenvalue weighted by Crippen LogP contribution is 2.11. The molecule has 104 valence electrons. The number of carbonyl (C=O) groups is 1. The van der Waals surface area contributed by atoms with Crippen molar-refractivity contribution in [3.8, 4) is 0 Å². The van der Waals surface area contributed by atoms with Crippen LogP contribution in [0, 0.1) is 6.92 Å². The van der Waals surface area contributed by atoms with Crippen molar-refractivity contribution < 1.29 is 9.90 Å². The molecule has 0 aliphatic carbocycles. The Morgan fingerprint density at radius 1 is 1.53 bits per heavy atom. The Kier molecular flexibility index (Phi) is 4.93. The van der Waals surface area contributed by atoms with Crippen molar-refractivity contribution in [1.29, 1.82) is 0 Å². The van der Waals surface area contributed by atoms with Gasteiger partial charge in [-0.3, -0.25) is 4.79 Å². The Morgan fingerprint density at radius 3 is 3.00 bits per heavy atom. The van der Waals surface area contributed by atoms with E-state index >= 15 is 0 Å². The zero-order valence-electron chi connectivity index (χ0n) is 11.4. The molecule has 1 saturated heterocycles. The molecule has 1 atom stereocenters. The Balaban J connectivity index is 2.06. The van der Waals surface area contributed by atoms with Gasteiger partial charge in [-0.2, -0.15) is 0 Å². The van der Waals surface area contributed by atoms with Gasteiger partial charge in [-0.1, -0.05) is 17.7 Å². The van der Waals surface area contributed by atoms with Gasteiger partial charge in [0.2, 0.25) is 0 Å². The summed E-state index contributed by atoms with van der Waals surface area (Å²) in [5.41, 5.74) is 1.78. The number of rotatable bonds is 5. The van der Waals surface area contributed by atoms with Crippen molar-refractivity contribution in [3.63, 3.8) is 0 Å². The molecule has 4 heteroatoms. The van der Waals surface area contributed by atoms with Crippen molar-refractivity contribution >= 4 is 5.91 Å². The van der Waals surface area contributed by atoms with E-state index in [0.29, 0.717) is 24.7 Å². The van der Waals surface area contributed by atoms with E-state index in [0.717, 1.165) is 24.9 Å². The van der Waals surface area contributed by atoms with Crippen LogP contribution in [0.15, 0.2) is 24.3 Å². The van der Waals surface area contributed by atoms with Crippen LogP contribution in [0.1, 0.15) is 28.8 Å². The van der Waals surface area contributed by atoms with Gasteiger partial charge >= 0.3 is 0 Å². The average molecular weight is 262 g/mol. The second-order valence-corrected chi connectivity index (χ2v) is 5.14. The number of hydrogen-bond acceptors (Lipinski definition) is 3. The average Bonchev–Trinajstić information content (AvgIpc) is 2.90. The van der Waals surface area contributed by atoms with E-state index in [4.69, 9.17) is 5.11 Å². The van der Waals surface area contributed by atoms with E-state index in [1.54, 1.807) is 4.90 Å². The zero-order valence-corrected chi connectivity index (χ0v) is 11.4. The molecule has 0 aromatic heterocycles. The van der Waals surface area contributed by atoms with Gasteiger partial charge < -0.3 is 15.3 Å². The van der Waals surface area contributed by atoms with E-state index < -0.39 is 0 Å². The third-order valence-corrected chi connectivity index (χ3v) is 3.53. The van der Waals surface area contributed by atoms with Crippen molar-refractivity contribution in [2.45, 2.75) is 25.8 Å². The summed E-state index contributed by atoms with van der Waals surface area (Å²) in [7, 11) is 0.